The predicted octanol–water partition coefficient (Wildman–Crippen LogP) is 4.24. The Morgan fingerprint density at radius 1 is 1.07 bits per heavy atom. The molecule has 0 bridgehead atoms. The molecule has 6 nitrogen and oxygen atoms in total. The molecule has 1 atom stereocenters. The van der Waals surface area contributed by atoms with E-state index >= 15 is 0 Å². The summed E-state index contributed by atoms with van der Waals surface area (Å²) in [6, 6.07) is 10.8. The van der Waals surface area contributed by atoms with Crippen molar-refractivity contribution in [1.29, 1.82) is 0 Å². The highest BCUT2D eigenvalue weighted by Crippen LogP contribution is 2.34. The minimum Gasteiger partial charge on any atom is -0.493 e. The molecule has 1 aliphatic heterocycles. The van der Waals surface area contributed by atoms with Crippen LogP contribution in [0, 0.1) is 0 Å². The first kappa shape index (κ1) is 18.5. The highest BCUT2D eigenvalue weighted by molar-refractivity contribution is 5.95. The Balaban J connectivity index is 1.45. The van der Waals surface area contributed by atoms with Crippen molar-refractivity contribution < 1.29 is 23.7 Å². The standard InChI is InChI=1S/C22H25NO5/c1-14(23-22(24)16-8-9-18-21(12-16)27-13-26-18)15-7-10-19(20(11-15)25-2)28-17-5-3-4-6-17/h7-12,14,17H,3-6,13H2,1-2H3,(H,23,24)/t14-/m1/s1. The van der Waals surface area contributed by atoms with E-state index in [0.29, 0.717) is 22.8 Å². The number of carbonyl (C=O) groups excluding carboxylic acids is 1. The van der Waals surface area contributed by atoms with E-state index in [9.17, 15) is 4.79 Å². The summed E-state index contributed by atoms with van der Waals surface area (Å²) < 4.78 is 22.2. The number of methoxy groups -OCH3 is 1. The number of hydrogen-bond donors (Lipinski definition) is 1. The van der Waals surface area contributed by atoms with Gasteiger partial charge in [0.25, 0.3) is 5.91 Å². The van der Waals surface area contributed by atoms with Gasteiger partial charge in [-0.15, -0.1) is 0 Å². The maximum absolute atomic E-state index is 12.6. The van der Waals surface area contributed by atoms with E-state index in [1.54, 1.807) is 25.3 Å². The lowest BCUT2D eigenvalue weighted by atomic mass is 10.1. The number of hydrogen-bond acceptors (Lipinski definition) is 5. The van der Waals surface area contributed by atoms with Gasteiger partial charge in [0, 0.05) is 5.56 Å². The van der Waals surface area contributed by atoms with Gasteiger partial charge in [0.2, 0.25) is 6.79 Å². The molecule has 2 aliphatic rings. The maximum Gasteiger partial charge on any atom is 0.251 e. The second-order valence-electron chi connectivity index (χ2n) is 7.20. The first-order valence-electron chi connectivity index (χ1n) is 9.69. The summed E-state index contributed by atoms with van der Waals surface area (Å²) in [5, 5.41) is 3.02. The quantitative estimate of drug-likeness (QED) is 0.808. The van der Waals surface area contributed by atoms with Crippen LogP contribution in [-0.4, -0.2) is 25.9 Å². The van der Waals surface area contributed by atoms with Crippen molar-refractivity contribution in [3.63, 3.8) is 0 Å². The molecule has 4 rings (SSSR count). The van der Waals surface area contributed by atoms with E-state index in [2.05, 4.69) is 5.32 Å². The number of carbonyl (C=O) groups is 1. The van der Waals surface area contributed by atoms with Gasteiger partial charge in [0.1, 0.15) is 0 Å². The van der Waals surface area contributed by atoms with E-state index < -0.39 is 0 Å². The first-order valence-corrected chi connectivity index (χ1v) is 9.69. The lowest BCUT2D eigenvalue weighted by molar-refractivity contribution is 0.0939. The van der Waals surface area contributed by atoms with Crippen molar-refractivity contribution in [2.45, 2.75) is 44.8 Å². The third-order valence-corrected chi connectivity index (χ3v) is 5.27. The van der Waals surface area contributed by atoms with Gasteiger partial charge in [-0.3, -0.25) is 4.79 Å². The fourth-order valence-electron chi connectivity index (χ4n) is 3.64. The fourth-order valence-corrected chi connectivity index (χ4v) is 3.64. The van der Waals surface area contributed by atoms with Crippen LogP contribution in [0.2, 0.25) is 0 Å². The maximum atomic E-state index is 12.6. The summed E-state index contributed by atoms with van der Waals surface area (Å²) >= 11 is 0. The van der Waals surface area contributed by atoms with E-state index in [-0.39, 0.29) is 24.8 Å². The van der Waals surface area contributed by atoms with Crippen molar-refractivity contribution in [2.75, 3.05) is 13.9 Å². The Morgan fingerprint density at radius 2 is 1.86 bits per heavy atom. The van der Waals surface area contributed by atoms with Crippen molar-refractivity contribution in [2.24, 2.45) is 0 Å². The summed E-state index contributed by atoms with van der Waals surface area (Å²) in [5.74, 6) is 2.53. The molecule has 1 heterocycles. The number of benzene rings is 2. The average Bonchev–Trinajstić information content (AvgIpc) is 3.39. The number of rotatable bonds is 6. The molecule has 0 radical (unpaired) electrons. The van der Waals surface area contributed by atoms with Gasteiger partial charge in [-0.1, -0.05) is 6.07 Å². The third kappa shape index (κ3) is 3.86. The molecule has 1 fully saturated rings. The van der Waals surface area contributed by atoms with E-state index in [1.807, 2.05) is 25.1 Å². The molecule has 0 saturated heterocycles. The van der Waals surface area contributed by atoms with Gasteiger partial charge < -0.3 is 24.3 Å². The zero-order chi connectivity index (χ0) is 19.5. The summed E-state index contributed by atoms with van der Waals surface area (Å²) in [5.41, 5.74) is 1.48. The molecule has 2 aromatic rings. The Bertz CT molecular complexity index is 860. The van der Waals surface area contributed by atoms with Gasteiger partial charge >= 0.3 is 0 Å². The molecule has 1 N–H and O–H groups in total. The number of nitrogens with one attached hydrogen (secondary N) is 1. The van der Waals surface area contributed by atoms with Crippen LogP contribution in [0.4, 0.5) is 0 Å². The van der Waals surface area contributed by atoms with E-state index in [1.165, 1.54) is 12.8 Å². The topological polar surface area (TPSA) is 66.0 Å². The smallest absolute Gasteiger partial charge is 0.251 e. The Morgan fingerprint density at radius 3 is 2.64 bits per heavy atom. The van der Waals surface area contributed by atoms with Crippen LogP contribution in [0.25, 0.3) is 0 Å². The molecule has 148 valence electrons. The second-order valence-corrected chi connectivity index (χ2v) is 7.20. The zero-order valence-electron chi connectivity index (χ0n) is 16.2. The Kier molecular flexibility index (Phi) is 5.28. The molecule has 28 heavy (non-hydrogen) atoms. The van der Waals surface area contributed by atoms with Crippen LogP contribution in [0.1, 0.15) is 54.6 Å². The van der Waals surface area contributed by atoms with Crippen molar-refractivity contribution in [3.8, 4) is 23.0 Å². The van der Waals surface area contributed by atoms with Crippen LogP contribution in [-0.2, 0) is 0 Å². The summed E-state index contributed by atoms with van der Waals surface area (Å²) in [7, 11) is 1.64. The molecule has 0 unspecified atom stereocenters. The lowest BCUT2D eigenvalue weighted by Gasteiger charge is -2.19. The van der Waals surface area contributed by atoms with Crippen molar-refractivity contribution in [1.82, 2.24) is 5.32 Å². The normalized spacial score (nSPS) is 16.6. The van der Waals surface area contributed by atoms with Crippen LogP contribution in [0.15, 0.2) is 36.4 Å². The molecule has 2 aromatic carbocycles. The predicted molar refractivity (Wildman–Crippen MR) is 104 cm³/mol. The molecular formula is C22H25NO5. The lowest BCUT2D eigenvalue weighted by Crippen LogP contribution is -2.26. The summed E-state index contributed by atoms with van der Waals surface area (Å²) in [4.78, 5) is 12.6. The summed E-state index contributed by atoms with van der Waals surface area (Å²) in [6.07, 6.45) is 4.88. The SMILES string of the molecule is COc1cc([C@@H](C)NC(=O)c2ccc3c(c2)OCO3)ccc1OC1CCCC1. The largest absolute Gasteiger partial charge is 0.493 e. The van der Waals surface area contributed by atoms with Crippen LogP contribution in [0.3, 0.4) is 0 Å². The molecule has 1 amide bonds. The first-order chi connectivity index (χ1) is 13.6. The van der Waals surface area contributed by atoms with E-state index in [0.717, 1.165) is 24.2 Å². The molecule has 0 aromatic heterocycles. The number of ether oxygens (including phenoxy) is 4. The Labute approximate surface area is 164 Å². The van der Waals surface area contributed by atoms with Gasteiger partial charge in [-0.2, -0.15) is 0 Å². The average molecular weight is 383 g/mol. The molecule has 1 aliphatic carbocycles. The van der Waals surface area contributed by atoms with Crippen molar-refractivity contribution in [3.05, 3.63) is 47.5 Å². The molecule has 6 heteroatoms. The fraction of sp³-hybridized carbons (Fsp3) is 0.409. The third-order valence-electron chi connectivity index (χ3n) is 5.27. The monoisotopic (exact) mass is 383 g/mol. The highest BCUT2D eigenvalue weighted by Gasteiger charge is 2.21. The minimum absolute atomic E-state index is 0.170. The molecular weight excluding hydrogens is 358 g/mol. The highest BCUT2D eigenvalue weighted by atomic mass is 16.7. The van der Waals surface area contributed by atoms with Crippen LogP contribution in [0.5, 0.6) is 23.0 Å². The molecule has 1 saturated carbocycles. The molecule has 0 spiro atoms. The van der Waals surface area contributed by atoms with Crippen molar-refractivity contribution >= 4 is 5.91 Å². The van der Waals surface area contributed by atoms with Crippen LogP contribution < -0.4 is 24.3 Å². The van der Waals surface area contributed by atoms with Gasteiger partial charge in [0.05, 0.1) is 19.3 Å². The number of amides is 1. The zero-order valence-corrected chi connectivity index (χ0v) is 16.2. The number of fused-ring (bicyclic) bond motifs is 1. The second kappa shape index (κ2) is 8.00. The van der Waals surface area contributed by atoms with Gasteiger partial charge in [-0.25, -0.2) is 0 Å². The van der Waals surface area contributed by atoms with Gasteiger partial charge in [-0.05, 0) is 68.5 Å². The van der Waals surface area contributed by atoms with Gasteiger partial charge in [0.15, 0.2) is 23.0 Å². The van der Waals surface area contributed by atoms with Crippen LogP contribution >= 0.6 is 0 Å². The Hall–Kier alpha value is -2.89. The summed E-state index contributed by atoms with van der Waals surface area (Å²) in [6.45, 7) is 2.13. The van der Waals surface area contributed by atoms with E-state index in [4.69, 9.17) is 18.9 Å². The minimum atomic E-state index is -0.188.